The second-order valence-electron chi connectivity index (χ2n) is 3.80. The summed E-state index contributed by atoms with van der Waals surface area (Å²) in [4.78, 5) is 8.31. The van der Waals surface area contributed by atoms with Crippen molar-refractivity contribution >= 4 is 0 Å². The Morgan fingerprint density at radius 3 is 2.59 bits per heavy atom. The van der Waals surface area contributed by atoms with E-state index in [-0.39, 0.29) is 0 Å². The lowest BCUT2D eigenvalue weighted by molar-refractivity contribution is 0.386. The molecule has 0 aliphatic carbocycles. The Morgan fingerprint density at radius 2 is 2.00 bits per heavy atom. The molecule has 5 nitrogen and oxygen atoms in total. The van der Waals surface area contributed by atoms with Crippen LogP contribution in [0.5, 0.6) is 5.88 Å². The van der Waals surface area contributed by atoms with E-state index < -0.39 is 6.04 Å². The Morgan fingerprint density at radius 1 is 1.29 bits per heavy atom. The minimum Gasteiger partial charge on any atom is -0.480 e. The molecule has 17 heavy (non-hydrogen) atoms. The van der Waals surface area contributed by atoms with Gasteiger partial charge in [-0.25, -0.2) is 4.98 Å². The van der Waals surface area contributed by atoms with Crippen molar-refractivity contribution in [2.75, 3.05) is 7.11 Å². The summed E-state index contributed by atoms with van der Waals surface area (Å²) in [5.41, 5.74) is 7.68. The number of rotatable bonds is 3. The third kappa shape index (κ3) is 2.14. The van der Waals surface area contributed by atoms with Gasteiger partial charge in [-0.3, -0.25) is 4.98 Å². The summed E-state index contributed by atoms with van der Waals surface area (Å²) in [6, 6.07) is 1.52. The first kappa shape index (κ1) is 11.6. The highest BCUT2D eigenvalue weighted by Crippen LogP contribution is 2.28. The predicted molar refractivity (Wildman–Crippen MR) is 62.8 cm³/mol. The molecule has 0 aromatic carbocycles. The largest absolute Gasteiger partial charge is 0.480 e. The topological polar surface area (TPSA) is 74.2 Å². The Bertz CT molecular complexity index is 522. The maximum Gasteiger partial charge on any atom is 0.237 e. The number of methoxy groups -OCH3 is 1. The fraction of sp³-hybridized carbons (Fsp3) is 0.333. The van der Waals surface area contributed by atoms with Gasteiger partial charge in [0.2, 0.25) is 5.88 Å². The molecule has 0 aliphatic heterocycles. The molecule has 5 heteroatoms. The van der Waals surface area contributed by atoms with E-state index in [4.69, 9.17) is 14.9 Å². The number of aryl methyl sites for hydroxylation is 2. The highest BCUT2D eigenvalue weighted by Gasteiger charge is 2.20. The summed E-state index contributed by atoms with van der Waals surface area (Å²) in [6.07, 6.45) is 3.17. The van der Waals surface area contributed by atoms with E-state index in [0.717, 1.165) is 17.1 Å². The molecular weight excluding hydrogens is 218 g/mol. The molecule has 2 heterocycles. The van der Waals surface area contributed by atoms with Crippen molar-refractivity contribution in [2.24, 2.45) is 5.73 Å². The fourth-order valence-electron chi connectivity index (χ4n) is 1.81. The SMILES string of the molecule is COc1nccnc1C(N)c1cc(C)oc1C. The monoisotopic (exact) mass is 233 g/mol. The Kier molecular flexibility index (Phi) is 3.10. The second-order valence-corrected chi connectivity index (χ2v) is 3.80. The van der Waals surface area contributed by atoms with Crippen molar-refractivity contribution < 1.29 is 9.15 Å². The molecule has 0 aliphatic rings. The first-order valence-electron chi connectivity index (χ1n) is 5.31. The van der Waals surface area contributed by atoms with Crippen LogP contribution in [-0.4, -0.2) is 17.1 Å². The average Bonchev–Trinajstić information content (AvgIpc) is 2.67. The lowest BCUT2D eigenvalue weighted by Gasteiger charge is -2.12. The van der Waals surface area contributed by atoms with Crippen molar-refractivity contribution in [1.29, 1.82) is 0 Å². The van der Waals surface area contributed by atoms with Crippen LogP contribution in [0.2, 0.25) is 0 Å². The first-order valence-corrected chi connectivity index (χ1v) is 5.31. The highest BCUT2D eigenvalue weighted by atomic mass is 16.5. The summed E-state index contributed by atoms with van der Waals surface area (Å²) in [5, 5.41) is 0. The normalized spacial score (nSPS) is 12.5. The molecule has 1 atom stereocenters. The number of nitrogens with two attached hydrogens (primary N) is 1. The van der Waals surface area contributed by atoms with Crippen molar-refractivity contribution in [1.82, 2.24) is 9.97 Å². The van der Waals surface area contributed by atoms with Gasteiger partial charge >= 0.3 is 0 Å². The molecule has 0 bridgehead atoms. The number of furan rings is 1. The first-order chi connectivity index (χ1) is 8.13. The number of hydrogen-bond donors (Lipinski definition) is 1. The smallest absolute Gasteiger partial charge is 0.237 e. The third-order valence-electron chi connectivity index (χ3n) is 2.59. The molecule has 0 saturated heterocycles. The van der Waals surface area contributed by atoms with Gasteiger partial charge in [-0.05, 0) is 19.9 Å². The van der Waals surface area contributed by atoms with Crippen LogP contribution >= 0.6 is 0 Å². The number of aromatic nitrogens is 2. The summed E-state index contributed by atoms with van der Waals surface area (Å²) >= 11 is 0. The third-order valence-corrected chi connectivity index (χ3v) is 2.59. The average molecular weight is 233 g/mol. The van der Waals surface area contributed by atoms with E-state index in [1.54, 1.807) is 19.5 Å². The van der Waals surface area contributed by atoms with Gasteiger partial charge in [0, 0.05) is 18.0 Å². The van der Waals surface area contributed by atoms with Gasteiger partial charge in [-0.2, -0.15) is 0 Å². The molecule has 2 rings (SSSR count). The van der Waals surface area contributed by atoms with Gasteiger partial charge in [0.15, 0.2) is 0 Å². The molecule has 0 fully saturated rings. The molecule has 0 saturated carbocycles. The Hall–Kier alpha value is -1.88. The maximum atomic E-state index is 6.16. The summed E-state index contributed by atoms with van der Waals surface area (Å²) in [5.74, 6) is 2.07. The minimum absolute atomic E-state index is 0.393. The summed E-state index contributed by atoms with van der Waals surface area (Å²) in [7, 11) is 1.55. The molecule has 1 unspecified atom stereocenters. The van der Waals surface area contributed by atoms with Crippen LogP contribution in [0.1, 0.15) is 28.8 Å². The Balaban J connectivity index is 2.43. The van der Waals surface area contributed by atoms with Crippen molar-refractivity contribution in [3.8, 4) is 5.88 Å². The predicted octanol–water partition coefficient (Wildman–Crippen LogP) is 1.74. The zero-order valence-corrected chi connectivity index (χ0v) is 10.1. The van der Waals surface area contributed by atoms with Crippen LogP contribution < -0.4 is 10.5 Å². The van der Waals surface area contributed by atoms with Gasteiger partial charge in [-0.15, -0.1) is 0 Å². The van der Waals surface area contributed by atoms with Gasteiger partial charge in [-0.1, -0.05) is 0 Å². The molecule has 0 radical (unpaired) electrons. The van der Waals surface area contributed by atoms with Gasteiger partial charge in [0.1, 0.15) is 17.2 Å². The molecule has 90 valence electrons. The molecule has 2 N–H and O–H groups in total. The molecule has 2 aromatic heterocycles. The molecule has 0 amide bonds. The van der Waals surface area contributed by atoms with Gasteiger partial charge in [0.25, 0.3) is 0 Å². The van der Waals surface area contributed by atoms with Crippen molar-refractivity contribution in [3.63, 3.8) is 0 Å². The van der Waals surface area contributed by atoms with E-state index in [0.29, 0.717) is 11.6 Å². The number of ether oxygens (including phenoxy) is 1. The number of nitrogens with zero attached hydrogens (tertiary/aromatic N) is 2. The van der Waals surface area contributed by atoms with Gasteiger partial charge < -0.3 is 14.9 Å². The lowest BCUT2D eigenvalue weighted by Crippen LogP contribution is -2.15. The highest BCUT2D eigenvalue weighted by molar-refractivity contribution is 5.34. The minimum atomic E-state index is -0.393. The van der Waals surface area contributed by atoms with Crippen LogP contribution in [-0.2, 0) is 0 Å². The lowest BCUT2D eigenvalue weighted by atomic mass is 10.1. The standard InChI is InChI=1S/C12H15N3O2/c1-7-6-9(8(2)17-7)10(13)11-12(16-3)15-5-4-14-11/h4-6,10H,13H2,1-3H3. The summed E-state index contributed by atoms with van der Waals surface area (Å²) < 4.78 is 10.6. The van der Waals surface area contributed by atoms with E-state index >= 15 is 0 Å². The van der Waals surface area contributed by atoms with Crippen LogP contribution in [0.25, 0.3) is 0 Å². The van der Waals surface area contributed by atoms with Gasteiger partial charge in [0.05, 0.1) is 13.2 Å². The van der Waals surface area contributed by atoms with Crippen molar-refractivity contribution in [2.45, 2.75) is 19.9 Å². The second kappa shape index (κ2) is 4.55. The molecular formula is C12H15N3O2. The van der Waals surface area contributed by atoms with Crippen LogP contribution in [0.4, 0.5) is 0 Å². The quantitative estimate of drug-likeness (QED) is 0.874. The van der Waals surface area contributed by atoms with Crippen LogP contribution in [0, 0.1) is 13.8 Å². The molecule has 0 spiro atoms. The summed E-state index contributed by atoms with van der Waals surface area (Å²) in [6.45, 7) is 3.77. The fourth-order valence-corrected chi connectivity index (χ4v) is 1.81. The maximum absolute atomic E-state index is 6.16. The van der Waals surface area contributed by atoms with E-state index in [1.165, 1.54) is 0 Å². The zero-order valence-electron chi connectivity index (χ0n) is 10.1. The van der Waals surface area contributed by atoms with E-state index in [2.05, 4.69) is 9.97 Å². The molecule has 2 aromatic rings. The Labute approximate surface area is 99.6 Å². The number of hydrogen-bond acceptors (Lipinski definition) is 5. The zero-order chi connectivity index (χ0) is 12.4. The van der Waals surface area contributed by atoms with Crippen LogP contribution in [0.15, 0.2) is 22.9 Å². The van der Waals surface area contributed by atoms with E-state index in [9.17, 15) is 0 Å². The van der Waals surface area contributed by atoms with Crippen LogP contribution in [0.3, 0.4) is 0 Å². The van der Waals surface area contributed by atoms with Crippen molar-refractivity contribution in [3.05, 3.63) is 41.2 Å². The van der Waals surface area contributed by atoms with E-state index in [1.807, 2.05) is 19.9 Å².